The Morgan fingerprint density at radius 2 is 1.46 bits per heavy atom. The molecule has 0 fully saturated rings. The van der Waals surface area contributed by atoms with Crippen molar-refractivity contribution in [1.29, 1.82) is 0 Å². The summed E-state index contributed by atoms with van der Waals surface area (Å²) < 4.78 is 0. The van der Waals surface area contributed by atoms with E-state index in [0.717, 1.165) is 0 Å². The molecule has 0 unspecified atom stereocenters. The first-order chi connectivity index (χ1) is 13.3. The fourth-order valence-electron chi connectivity index (χ4n) is 3.54. The maximum atomic E-state index is 13.2. The summed E-state index contributed by atoms with van der Waals surface area (Å²) in [7, 11) is 1.58. The van der Waals surface area contributed by atoms with Crippen LogP contribution in [0.3, 0.4) is 0 Å². The molecule has 0 spiro atoms. The molecule has 140 valence electrons. The van der Waals surface area contributed by atoms with Gasteiger partial charge in [-0.1, -0.05) is 12.1 Å². The molecule has 0 aliphatic heterocycles. The van der Waals surface area contributed by atoms with Crippen LogP contribution in [-0.2, 0) is 0 Å². The lowest BCUT2D eigenvalue weighted by Crippen LogP contribution is -2.24. The number of phenolic OH excluding ortho intramolecular Hbond substituents is 3. The van der Waals surface area contributed by atoms with E-state index in [1.165, 1.54) is 30.3 Å². The van der Waals surface area contributed by atoms with Gasteiger partial charge in [-0.25, -0.2) is 0 Å². The maximum absolute atomic E-state index is 13.2. The van der Waals surface area contributed by atoms with Crippen molar-refractivity contribution >= 4 is 22.9 Å². The summed E-state index contributed by atoms with van der Waals surface area (Å²) in [6, 6.07) is 10.2. The number of aromatic hydroxyl groups is 3. The van der Waals surface area contributed by atoms with E-state index in [1.54, 1.807) is 19.2 Å². The van der Waals surface area contributed by atoms with Crippen LogP contribution in [-0.4, -0.2) is 33.9 Å². The van der Waals surface area contributed by atoms with E-state index < -0.39 is 11.6 Å². The van der Waals surface area contributed by atoms with Crippen LogP contribution < -0.4 is 11.1 Å². The summed E-state index contributed by atoms with van der Waals surface area (Å²) in [6.45, 7) is 0. The van der Waals surface area contributed by atoms with Crippen molar-refractivity contribution in [2.75, 3.05) is 18.1 Å². The fourth-order valence-corrected chi connectivity index (χ4v) is 3.54. The standard InChI is InChI=1S/C21H16N2O5/c1-23-13-6-7-14(25)17-16(13)21(28)18-15(20(17)27)12(22)8-11(19(18)26)9-2-4-10(24)5-3-9/h2-8,23-26H,22H2,1H3. The van der Waals surface area contributed by atoms with E-state index in [-0.39, 0.29) is 50.8 Å². The number of carbonyl (C=O) groups is 2. The number of anilines is 2. The van der Waals surface area contributed by atoms with E-state index >= 15 is 0 Å². The summed E-state index contributed by atoms with van der Waals surface area (Å²) in [6.07, 6.45) is 0. The van der Waals surface area contributed by atoms with Crippen LogP contribution in [0.15, 0.2) is 42.5 Å². The molecule has 3 aromatic rings. The molecule has 4 rings (SSSR count). The topological polar surface area (TPSA) is 133 Å². The van der Waals surface area contributed by atoms with Crippen molar-refractivity contribution < 1.29 is 24.9 Å². The van der Waals surface area contributed by atoms with Gasteiger partial charge in [-0.2, -0.15) is 0 Å². The SMILES string of the molecule is CNc1ccc(O)c2c1C(=O)c1c(O)c(-c3ccc(O)cc3)cc(N)c1C2=O. The number of carbonyl (C=O) groups excluding carboxylic acids is 2. The summed E-state index contributed by atoms with van der Waals surface area (Å²) >= 11 is 0. The highest BCUT2D eigenvalue weighted by atomic mass is 16.3. The molecule has 7 heteroatoms. The number of hydrogen-bond donors (Lipinski definition) is 5. The molecule has 0 aromatic heterocycles. The lowest BCUT2D eigenvalue weighted by molar-refractivity contribution is 0.0975. The van der Waals surface area contributed by atoms with Gasteiger partial charge in [0.25, 0.3) is 0 Å². The molecule has 0 bridgehead atoms. The first-order valence-electron chi connectivity index (χ1n) is 8.43. The molecular weight excluding hydrogens is 360 g/mol. The normalized spacial score (nSPS) is 12.5. The Morgan fingerprint density at radius 3 is 2.11 bits per heavy atom. The lowest BCUT2D eigenvalue weighted by Gasteiger charge is -2.24. The third-order valence-electron chi connectivity index (χ3n) is 4.87. The molecule has 0 radical (unpaired) electrons. The number of nitrogen functional groups attached to an aromatic ring is 1. The number of fused-ring (bicyclic) bond motifs is 2. The third kappa shape index (κ3) is 2.30. The fraction of sp³-hybridized carbons (Fsp3) is 0.0476. The quantitative estimate of drug-likeness (QED) is 0.268. The van der Waals surface area contributed by atoms with Gasteiger partial charge in [0.1, 0.15) is 17.2 Å². The van der Waals surface area contributed by atoms with Gasteiger partial charge < -0.3 is 26.4 Å². The predicted octanol–water partition coefficient (Wildman–Crippen LogP) is 2.87. The molecule has 1 aliphatic carbocycles. The first kappa shape index (κ1) is 17.4. The molecule has 1 aliphatic rings. The molecule has 7 nitrogen and oxygen atoms in total. The Hall–Kier alpha value is -4.00. The summed E-state index contributed by atoms with van der Waals surface area (Å²) in [5.41, 5.74) is 6.70. The number of nitrogens with one attached hydrogen (secondary N) is 1. The van der Waals surface area contributed by atoms with Crippen LogP contribution in [0.25, 0.3) is 11.1 Å². The van der Waals surface area contributed by atoms with Crippen LogP contribution in [0.2, 0.25) is 0 Å². The third-order valence-corrected chi connectivity index (χ3v) is 4.87. The largest absolute Gasteiger partial charge is 0.508 e. The van der Waals surface area contributed by atoms with E-state index in [2.05, 4.69) is 5.32 Å². The average Bonchev–Trinajstić information content (AvgIpc) is 2.68. The highest BCUT2D eigenvalue weighted by molar-refractivity contribution is 6.33. The number of nitrogens with two attached hydrogens (primary N) is 1. The van der Waals surface area contributed by atoms with Gasteiger partial charge in [0.15, 0.2) is 0 Å². The van der Waals surface area contributed by atoms with Gasteiger partial charge in [0.05, 0.1) is 22.3 Å². The van der Waals surface area contributed by atoms with E-state index in [9.17, 15) is 24.9 Å². The Balaban J connectivity index is 2.04. The number of phenols is 3. The van der Waals surface area contributed by atoms with E-state index in [0.29, 0.717) is 11.3 Å². The zero-order chi connectivity index (χ0) is 20.2. The Kier molecular flexibility index (Phi) is 3.74. The highest BCUT2D eigenvalue weighted by Gasteiger charge is 2.38. The lowest BCUT2D eigenvalue weighted by atomic mass is 9.80. The maximum Gasteiger partial charge on any atom is 0.200 e. The van der Waals surface area contributed by atoms with Crippen LogP contribution in [0.1, 0.15) is 31.8 Å². The second-order valence-electron chi connectivity index (χ2n) is 6.45. The average molecular weight is 376 g/mol. The van der Waals surface area contributed by atoms with Crippen molar-refractivity contribution in [2.24, 2.45) is 0 Å². The van der Waals surface area contributed by atoms with Crippen molar-refractivity contribution in [3.05, 3.63) is 64.7 Å². The van der Waals surface area contributed by atoms with E-state index in [4.69, 9.17) is 5.73 Å². The van der Waals surface area contributed by atoms with Crippen molar-refractivity contribution in [3.8, 4) is 28.4 Å². The molecule has 6 N–H and O–H groups in total. The van der Waals surface area contributed by atoms with Gasteiger partial charge in [-0.15, -0.1) is 0 Å². The Bertz CT molecular complexity index is 1170. The molecule has 0 amide bonds. The molecule has 0 saturated carbocycles. The molecule has 0 saturated heterocycles. The van der Waals surface area contributed by atoms with Crippen LogP contribution >= 0.6 is 0 Å². The monoisotopic (exact) mass is 376 g/mol. The molecule has 28 heavy (non-hydrogen) atoms. The number of ketones is 2. The minimum atomic E-state index is -0.635. The summed E-state index contributed by atoms with van der Waals surface area (Å²) in [4.78, 5) is 26.3. The second kappa shape index (κ2) is 6.02. The van der Waals surface area contributed by atoms with Crippen LogP contribution in [0, 0.1) is 0 Å². The van der Waals surface area contributed by atoms with E-state index in [1.807, 2.05) is 0 Å². The number of benzene rings is 3. The smallest absolute Gasteiger partial charge is 0.200 e. The molecule has 3 aromatic carbocycles. The minimum Gasteiger partial charge on any atom is -0.508 e. The number of hydrogen-bond acceptors (Lipinski definition) is 7. The first-order valence-corrected chi connectivity index (χ1v) is 8.43. The van der Waals surface area contributed by atoms with Crippen molar-refractivity contribution in [2.45, 2.75) is 0 Å². The molecule has 0 atom stereocenters. The zero-order valence-corrected chi connectivity index (χ0v) is 14.8. The van der Waals surface area contributed by atoms with Gasteiger partial charge in [0, 0.05) is 24.0 Å². The predicted molar refractivity (Wildman–Crippen MR) is 104 cm³/mol. The molecular formula is C21H16N2O5. The Labute approximate surface area is 159 Å². The Morgan fingerprint density at radius 1 is 0.821 bits per heavy atom. The van der Waals surface area contributed by atoms with Crippen LogP contribution in [0.5, 0.6) is 17.2 Å². The van der Waals surface area contributed by atoms with Crippen LogP contribution in [0.4, 0.5) is 11.4 Å². The van der Waals surface area contributed by atoms with Gasteiger partial charge in [-0.3, -0.25) is 9.59 Å². The second-order valence-corrected chi connectivity index (χ2v) is 6.45. The van der Waals surface area contributed by atoms with Crippen molar-refractivity contribution in [3.63, 3.8) is 0 Å². The van der Waals surface area contributed by atoms with Gasteiger partial charge in [-0.05, 0) is 35.9 Å². The van der Waals surface area contributed by atoms with Gasteiger partial charge >= 0.3 is 0 Å². The zero-order valence-electron chi connectivity index (χ0n) is 14.8. The number of rotatable bonds is 2. The minimum absolute atomic E-state index is 0.00846. The van der Waals surface area contributed by atoms with Gasteiger partial charge in [0.2, 0.25) is 11.6 Å². The molecule has 0 heterocycles. The summed E-state index contributed by atoms with van der Waals surface area (Å²) in [5.74, 6) is -1.92. The highest BCUT2D eigenvalue weighted by Crippen LogP contribution is 2.45. The summed E-state index contributed by atoms with van der Waals surface area (Å²) in [5, 5.41) is 33.3. The van der Waals surface area contributed by atoms with Crippen molar-refractivity contribution in [1.82, 2.24) is 0 Å².